The zero-order chi connectivity index (χ0) is 41.7. The molecule has 296 valence electrons. The van der Waals surface area contributed by atoms with E-state index in [1.54, 1.807) is 0 Å². The van der Waals surface area contributed by atoms with Gasteiger partial charge in [-0.05, 0) is 132 Å². The highest BCUT2D eigenvalue weighted by molar-refractivity contribution is 6.06. The monoisotopic (exact) mass is 795 g/mol. The summed E-state index contributed by atoms with van der Waals surface area (Å²) in [5.41, 5.74) is 23.0. The zero-order valence-electron chi connectivity index (χ0n) is 35.4. The molecule has 0 amide bonds. The highest BCUT2D eigenvalue weighted by Gasteiger charge is 2.38. The molecule has 9 aromatic carbocycles. The molecule has 0 fully saturated rings. The average Bonchev–Trinajstić information content (AvgIpc) is 3.89. The third-order valence-corrected chi connectivity index (χ3v) is 13.9. The first kappa shape index (κ1) is 36.4. The molecule has 0 spiro atoms. The summed E-state index contributed by atoms with van der Waals surface area (Å²) in [6, 6.07) is 73.6. The molecule has 2 aliphatic carbocycles. The summed E-state index contributed by atoms with van der Waals surface area (Å²) in [4.78, 5) is 2.42. The minimum absolute atomic E-state index is 0.0734. The van der Waals surface area contributed by atoms with E-state index in [0.29, 0.717) is 0 Å². The molecule has 1 aromatic heterocycles. The normalized spacial score (nSPS) is 14.1. The van der Waals surface area contributed by atoms with Crippen LogP contribution in [-0.2, 0) is 10.8 Å². The van der Waals surface area contributed by atoms with Crippen molar-refractivity contribution in [1.29, 1.82) is 0 Å². The third-order valence-electron chi connectivity index (χ3n) is 13.9. The van der Waals surface area contributed by atoms with Crippen molar-refractivity contribution in [3.05, 3.63) is 222 Å². The van der Waals surface area contributed by atoms with Crippen LogP contribution in [0.3, 0.4) is 0 Å². The average molecular weight is 796 g/mol. The second-order valence-electron chi connectivity index (χ2n) is 18.1. The molecule has 0 atom stereocenters. The van der Waals surface area contributed by atoms with Gasteiger partial charge in [-0.25, -0.2) is 0 Å². The van der Waals surface area contributed by atoms with Crippen LogP contribution in [0, 0.1) is 0 Å². The second kappa shape index (κ2) is 13.5. The van der Waals surface area contributed by atoms with Gasteiger partial charge >= 0.3 is 0 Å². The number of nitrogens with zero attached hydrogens (tertiary/aromatic N) is 1. The van der Waals surface area contributed by atoms with Gasteiger partial charge in [0, 0.05) is 38.7 Å². The lowest BCUT2D eigenvalue weighted by Crippen LogP contribution is -2.14. The Morgan fingerprint density at radius 2 is 0.790 bits per heavy atom. The van der Waals surface area contributed by atoms with Crippen LogP contribution in [0.4, 0.5) is 17.1 Å². The molecular weight excluding hydrogens is 751 g/mol. The maximum atomic E-state index is 6.30. The van der Waals surface area contributed by atoms with Crippen molar-refractivity contribution in [3.8, 4) is 55.6 Å². The molecule has 62 heavy (non-hydrogen) atoms. The zero-order valence-corrected chi connectivity index (χ0v) is 35.4. The second-order valence-corrected chi connectivity index (χ2v) is 18.1. The first-order valence-electron chi connectivity index (χ1n) is 21.8. The molecule has 2 nitrogen and oxygen atoms in total. The summed E-state index contributed by atoms with van der Waals surface area (Å²) >= 11 is 0. The highest BCUT2D eigenvalue weighted by Crippen LogP contribution is 2.54. The lowest BCUT2D eigenvalue weighted by atomic mass is 9.82. The van der Waals surface area contributed by atoms with Gasteiger partial charge in [0.25, 0.3) is 0 Å². The Morgan fingerprint density at radius 3 is 1.39 bits per heavy atom. The molecule has 0 unspecified atom stereocenters. The Morgan fingerprint density at radius 1 is 0.323 bits per heavy atom. The van der Waals surface area contributed by atoms with Gasteiger partial charge in [0.2, 0.25) is 0 Å². The van der Waals surface area contributed by atoms with Gasteiger partial charge < -0.3 is 9.32 Å². The van der Waals surface area contributed by atoms with Gasteiger partial charge in [0.15, 0.2) is 0 Å². The lowest BCUT2D eigenvalue weighted by molar-refractivity contribution is 0.660. The van der Waals surface area contributed by atoms with Crippen molar-refractivity contribution in [3.63, 3.8) is 0 Å². The molecule has 0 bridgehead atoms. The molecule has 0 radical (unpaired) electrons. The van der Waals surface area contributed by atoms with E-state index >= 15 is 0 Å². The number of fused-ring (bicyclic) bond motifs is 9. The number of hydrogen-bond acceptors (Lipinski definition) is 2. The van der Waals surface area contributed by atoms with Crippen LogP contribution in [0.1, 0.15) is 49.9 Å². The van der Waals surface area contributed by atoms with E-state index in [1.165, 1.54) is 66.8 Å². The summed E-state index contributed by atoms with van der Waals surface area (Å²) < 4.78 is 6.30. The standard InChI is InChI=1S/C60H45NO/c1-59(2)51-24-8-5-20-49(51)57-45(22-13-26-53(57)59)40-15-11-17-43(35-40)61(42-32-29-38(30-33-42)39-31-34-48-47-19-7-10-28-55(47)62-56(48)37-39)44-18-12-16-41(36-44)46-23-14-27-54-58(46)50-21-6-9-25-52(50)60(54,3)4/h5-37H,1-4H3. The third kappa shape index (κ3) is 5.43. The number of furan rings is 1. The van der Waals surface area contributed by atoms with Crippen LogP contribution >= 0.6 is 0 Å². The van der Waals surface area contributed by atoms with Crippen LogP contribution in [-0.4, -0.2) is 0 Å². The Hall–Kier alpha value is -7.42. The van der Waals surface area contributed by atoms with Crippen LogP contribution in [0.25, 0.3) is 77.6 Å². The van der Waals surface area contributed by atoms with Crippen LogP contribution in [0.15, 0.2) is 205 Å². The molecule has 0 saturated heterocycles. The highest BCUT2D eigenvalue weighted by atomic mass is 16.3. The number of benzene rings is 9. The van der Waals surface area contributed by atoms with E-state index in [-0.39, 0.29) is 10.8 Å². The van der Waals surface area contributed by atoms with Gasteiger partial charge in [-0.2, -0.15) is 0 Å². The molecule has 10 aromatic rings. The Bertz CT molecular complexity index is 3270. The van der Waals surface area contributed by atoms with Gasteiger partial charge in [0.05, 0.1) is 0 Å². The van der Waals surface area contributed by atoms with Gasteiger partial charge in [-0.3, -0.25) is 0 Å². The summed E-state index contributed by atoms with van der Waals surface area (Å²) in [7, 11) is 0. The van der Waals surface area contributed by atoms with Crippen molar-refractivity contribution >= 4 is 39.0 Å². The van der Waals surface area contributed by atoms with Crippen LogP contribution in [0.5, 0.6) is 0 Å². The van der Waals surface area contributed by atoms with Gasteiger partial charge in [0.1, 0.15) is 11.2 Å². The van der Waals surface area contributed by atoms with E-state index in [9.17, 15) is 0 Å². The predicted octanol–water partition coefficient (Wildman–Crippen LogP) is 16.7. The summed E-state index contributed by atoms with van der Waals surface area (Å²) in [5, 5.41) is 2.28. The largest absolute Gasteiger partial charge is 0.456 e. The minimum atomic E-state index is -0.0734. The molecule has 0 N–H and O–H groups in total. The summed E-state index contributed by atoms with van der Waals surface area (Å²) in [5.74, 6) is 0. The Labute approximate surface area is 363 Å². The van der Waals surface area contributed by atoms with E-state index < -0.39 is 0 Å². The quantitative estimate of drug-likeness (QED) is 0.167. The van der Waals surface area contributed by atoms with Crippen LogP contribution < -0.4 is 4.90 Å². The van der Waals surface area contributed by atoms with Crippen LogP contribution in [0.2, 0.25) is 0 Å². The van der Waals surface area contributed by atoms with Crippen molar-refractivity contribution in [2.75, 3.05) is 4.90 Å². The topological polar surface area (TPSA) is 16.4 Å². The molecule has 2 heteroatoms. The number of anilines is 3. The fourth-order valence-electron chi connectivity index (χ4n) is 10.8. The smallest absolute Gasteiger partial charge is 0.136 e. The fraction of sp³-hybridized carbons (Fsp3) is 0.100. The molecule has 0 saturated carbocycles. The molecule has 12 rings (SSSR count). The lowest BCUT2D eigenvalue weighted by Gasteiger charge is -2.27. The first-order valence-corrected chi connectivity index (χ1v) is 21.8. The minimum Gasteiger partial charge on any atom is -0.456 e. The fourth-order valence-corrected chi connectivity index (χ4v) is 10.8. The first-order chi connectivity index (χ1) is 30.3. The van der Waals surface area contributed by atoms with Crippen molar-refractivity contribution in [2.24, 2.45) is 0 Å². The predicted molar refractivity (Wildman–Crippen MR) is 260 cm³/mol. The van der Waals surface area contributed by atoms with E-state index in [0.717, 1.165) is 50.1 Å². The Balaban J connectivity index is 1.01. The molecule has 1 heterocycles. The molecule has 0 aliphatic heterocycles. The van der Waals surface area contributed by atoms with Crippen molar-refractivity contribution in [2.45, 2.75) is 38.5 Å². The molecule has 2 aliphatic rings. The maximum Gasteiger partial charge on any atom is 0.136 e. The van der Waals surface area contributed by atoms with E-state index in [4.69, 9.17) is 4.42 Å². The van der Waals surface area contributed by atoms with Gasteiger partial charge in [-0.15, -0.1) is 0 Å². The van der Waals surface area contributed by atoms with Crippen molar-refractivity contribution < 1.29 is 4.42 Å². The van der Waals surface area contributed by atoms with Gasteiger partial charge in [-0.1, -0.05) is 173 Å². The number of hydrogen-bond donors (Lipinski definition) is 0. The van der Waals surface area contributed by atoms with E-state index in [2.05, 4.69) is 221 Å². The number of para-hydroxylation sites is 1. The maximum absolute atomic E-state index is 6.30. The summed E-state index contributed by atoms with van der Waals surface area (Å²) in [6.45, 7) is 9.42. The number of rotatable bonds is 6. The molecular formula is C60H45NO. The SMILES string of the molecule is CC1(C)c2ccccc2-c2c(-c3cccc(N(c4ccc(-c5ccc6c(c5)oc5ccccc56)cc4)c4cccc(-c5cccc6c5-c5ccccc5C6(C)C)c4)c3)cccc21. The van der Waals surface area contributed by atoms with E-state index in [1.807, 2.05) is 12.1 Å². The van der Waals surface area contributed by atoms with Crippen molar-refractivity contribution in [1.82, 2.24) is 0 Å². The summed E-state index contributed by atoms with van der Waals surface area (Å²) in [6.07, 6.45) is 0. The Kier molecular flexibility index (Phi) is 7.96.